The molecule has 0 saturated carbocycles. The van der Waals surface area contributed by atoms with Gasteiger partial charge in [0.15, 0.2) is 0 Å². The van der Waals surface area contributed by atoms with Gasteiger partial charge >= 0.3 is 0 Å². The molecular formula is C15H20FN3O3. The zero-order valence-electron chi connectivity index (χ0n) is 12.2. The predicted molar refractivity (Wildman–Crippen MR) is 79.0 cm³/mol. The highest BCUT2D eigenvalue weighted by Gasteiger charge is 2.20. The van der Waals surface area contributed by atoms with Gasteiger partial charge in [0.05, 0.1) is 6.61 Å². The highest BCUT2D eigenvalue weighted by Crippen LogP contribution is 2.02. The van der Waals surface area contributed by atoms with Crippen LogP contribution in [0.15, 0.2) is 24.3 Å². The molecule has 1 saturated heterocycles. The molecule has 22 heavy (non-hydrogen) atoms. The summed E-state index contributed by atoms with van der Waals surface area (Å²) in [5.41, 5.74) is 0.409. The predicted octanol–water partition coefficient (Wildman–Crippen LogP) is 0.0502. The average Bonchev–Trinajstić information content (AvgIpc) is 2.55. The molecule has 0 bridgehead atoms. The average molecular weight is 309 g/mol. The van der Waals surface area contributed by atoms with Gasteiger partial charge in [0.1, 0.15) is 11.9 Å². The van der Waals surface area contributed by atoms with Crippen molar-refractivity contribution in [3.05, 3.63) is 35.6 Å². The van der Waals surface area contributed by atoms with Crippen molar-refractivity contribution < 1.29 is 18.7 Å². The highest BCUT2D eigenvalue weighted by molar-refractivity contribution is 5.94. The van der Waals surface area contributed by atoms with Crippen molar-refractivity contribution in [2.45, 2.75) is 12.5 Å². The number of halogens is 1. The number of carbonyl (C=O) groups is 2. The summed E-state index contributed by atoms with van der Waals surface area (Å²) in [5.74, 6) is -0.776. The molecule has 0 spiro atoms. The van der Waals surface area contributed by atoms with Crippen LogP contribution in [0.5, 0.6) is 0 Å². The first-order valence-corrected chi connectivity index (χ1v) is 7.30. The third-order valence-corrected chi connectivity index (χ3v) is 3.26. The fourth-order valence-electron chi connectivity index (χ4n) is 2.05. The van der Waals surface area contributed by atoms with Crippen LogP contribution in [0.1, 0.15) is 16.8 Å². The number of nitrogens with one attached hydrogen (secondary N) is 3. The summed E-state index contributed by atoms with van der Waals surface area (Å²) in [6.07, 6.45) is 0.168. The fourth-order valence-corrected chi connectivity index (χ4v) is 2.05. The molecule has 6 nitrogen and oxygen atoms in total. The SMILES string of the molecule is O=C(NCCCNC(=O)C1CNCCO1)c1ccc(F)cc1. The van der Waals surface area contributed by atoms with Crippen LogP contribution in [0, 0.1) is 5.82 Å². The van der Waals surface area contributed by atoms with Crippen LogP contribution in [-0.2, 0) is 9.53 Å². The maximum atomic E-state index is 12.7. The molecule has 7 heteroatoms. The summed E-state index contributed by atoms with van der Waals surface area (Å²) < 4.78 is 18.1. The number of hydrogen-bond donors (Lipinski definition) is 3. The van der Waals surface area contributed by atoms with Gasteiger partial charge in [-0.3, -0.25) is 9.59 Å². The minimum absolute atomic E-state index is 0.142. The van der Waals surface area contributed by atoms with Crippen LogP contribution in [0.4, 0.5) is 4.39 Å². The van der Waals surface area contributed by atoms with E-state index >= 15 is 0 Å². The van der Waals surface area contributed by atoms with Gasteiger partial charge < -0.3 is 20.7 Å². The Kier molecular flexibility index (Phi) is 6.29. The molecule has 0 aromatic heterocycles. The lowest BCUT2D eigenvalue weighted by Crippen LogP contribution is -2.48. The summed E-state index contributed by atoms with van der Waals surface area (Å²) >= 11 is 0. The lowest BCUT2D eigenvalue weighted by Gasteiger charge is -2.22. The first-order valence-electron chi connectivity index (χ1n) is 7.30. The van der Waals surface area contributed by atoms with Crippen LogP contribution in [-0.4, -0.2) is 50.7 Å². The largest absolute Gasteiger partial charge is 0.366 e. The zero-order chi connectivity index (χ0) is 15.8. The smallest absolute Gasteiger partial charge is 0.251 e. The highest BCUT2D eigenvalue weighted by atomic mass is 19.1. The Bertz CT molecular complexity index is 501. The third kappa shape index (κ3) is 5.09. The topological polar surface area (TPSA) is 79.5 Å². The Hall–Kier alpha value is -1.99. The third-order valence-electron chi connectivity index (χ3n) is 3.26. The van der Waals surface area contributed by atoms with E-state index in [0.29, 0.717) is 38.2 Å². The molecule has 120 valence electrons. The Morgan fingerprint density at radius 3 is 2.64 bits per heavy atom. The van der Waals surface area contributed by atoms with E-state index < -0.39 is 6.10 Å². The van der Waals surface area contributed by atoms with Crippen molar-refractivity contribution >= 4 is 11.8 Å². The molecule has 1 heterocycles. The van der Waals surface area contributed by atoms with Crippen LogP contribution in [0.2, 0.25) is 0 Å². The van der Waals surface area contributed by atoms with Crippen molar-refractivity contribution in [1.29, 1.82) is 0 Å². The molecule has 1 aromatic rings. The fraction of sp³-hybridized carbons (Fsp3) is 0.467. The zero-order valence-corrected chi connectivity index (χ0v) is 12.2. The van der Waals surface area contributed by atoms with Crippen LogP contribution in [0.3, 0.4) is 0 Å². The van der Waals surface area contributed by atoms with Crippen LogP contribution < -0.4 is 16.0 Å². The van der Waals surface area contributed by atoms with E-state index in [-0.39, 0.29) is 17.6 Å². The van der Waals surface area contributed by atoms with Crippen LogP contribution >= 0.6 is 0 Å². The van der Waals surface area contributed by atoms with Gasteiger partial charge in [-0.15, -0.1) is 0 Å². The molecule has 1 atom stereocenters. The maximum absolute atomic E-state index is 12.7. The first-order chi connectivity index (χ1) is 10.7. The molecule has 3 N–H and O–H groups in total. The second-order valence-corrected chi connectivity index (χ2v) is 4.97. The monoisotopic (exact) mass is 309 g/mol. The second-order valence-electron chi connectivity index (χ2n) is 4.97. The summed E-state index contributed by atoms with van der Waals surface area (Å²) in [7, 11) is 0. The quantitative estimate of drug-likeness (QED) is 0.649. The van der Waals surface area contributed by atoms with Crippen molar-refractivity contribution in [2.75, 3.05) is 32.8 Å². The number of carbonyl (C=O) groups excluding carboxylic acids is 2. The minimum Gasteiger partial charge on any atom is -0.366 e. The number of benzene rings is 1. The first kappa shape index (κ1) is 16.4. The number of hydrogen-bond acceptors (Lipinski definition) is 4. The minimum atomic E-state index is -0.442. The molecule has 1 aliphatic rings. The molecule has 0 aliphatic carbocycles. The number of amides is 2. The van der Waals surface area contributed by atoms with Crippen LogP contribution in [0.25, 0.3) is 0 Å². The Morgan fingerprint density at radius 1 is 1.23 bits per heavy atom. The van der Waals surface area contributed by atoms with Crippen molar-refractivity contribution in [2.24, 2.45) is 0 Å². The van der Waals surface area contributed by atoms with E-state index in [1.54, 1.807) is 0 Å². The van der Waals surface area contributed by atoms with E-state index in [1.165, 1.54) is 24.3 Å². The van der Waals surface area contributed by atoms with E-state index in [0.717, 1.165) is 6.54 Å². The van der Waals surface area contributed by atoms with Crippen molar-refractivity contribution in [1.82, 2.24) is 16.0 Å². The molecule has 2 rings (SSSR count). The van der Waals surface area contributed by atoms with E-state index in [2.05, 4.69) is 16.0 Å². The van der Waals surface area contributed by atoms with Gasteiger partial charge in [-0.25, -0.2) is 4.39 Å². The molecule has 2 amide bonds. The van der Waals surface area contributed by atoms with E-state index in [4.69, 9.17) is 4.74 Å². The summed E-state index contributed by atoms with van der Waals surface area (Å²) in [4.78, 5) is 23.5. The number of ether oxygens (including phenoxy) is 1. The van der Waals surface area contributed by atoms with E-state index in [9.17, 15) is 14.0 Å². The van der Waals surface area contributed by atoms with E-state index in [1.807, 2.05) is 0 Å². The van der Waals surface area contributed by atoms with Gasteiger partial charge in [-0.05, 0) is 30.7 Å². The standard InChI is InChI=1S/C15H20FN3O3/c16-12-4-2-11(3-5-12)14(20)18-6-1-7-19-15(21)13-10-17-8-9-22-13/h2-5,13,17H,1,6-10H2,(H,18,20)(H,19,21). The maximum Gasteiger partial charge on any atom is 0.251 e. The molecule has 1 aliphatic heterocycles. The van der Waals surface area contributed by atoms with Gasteiger partial charge in [-0.2, -0.15) is 0 Å². The van der Waals surface area contributed by atoms with Gasteiger partial charge in [-0.1, -0.05) is 0 Å². The second kappa shape index (κ2) is 8.45. The summed E-state index contributed by atoms with van der Waals surface area (Å²) in [6.45, 7) is 2.71. The Morgan fingerprint density at radius 2 is 1.95 bits per heavy atom. The molecule has 0 radical (unpaired) electrons. The number of morpholine rings is 1. The van der Waals surface area contributed by atoms with Crippen molar-refractivity contribution in [3.63, 3.8) is 0 Å². The van der Waals surface area contributed by atoms with Gasteiger partial charge in [0.25, 0.3) is 5.91 Å². The Labute approximate surface area is 128 Å². The van der Waals surface area contributed by atoms with Gasteiger partial charge in [0.2, 0.25) is 5.91 Å². The summed E-state index contributed by atoms with van der Waals surface area (Å²) in [5, 5.41) is 8.57. The molecule has 1 unspecified atom stereocenters. The molecule has 1 aromatic carbocycles. The Balaban J connectivity index is 1.59. The molecular weight excluding hydrogens is 289 g/mol. The summed E-state index contributed by atoms with van der Waals surface area (Å²) in [6, 6.07) is 5.35. The number of rotatable bonds is 6. The lowest BCUT2D eigenvalue weighted by molar-refractivity contribution is -0.134. The lowest BCUT2D eigenvalue weighted by atomic mass is 10.2. The van der Waals surface area contributed by atoms with Gasteiger partial charge in [0, 0.05) is 31.7 Å². The van der Waals surface area contributed by atoms with Crippen molar-refractivity contribution in [3.8, 4) is 0 Å². The normalized spacial score (nSPS) is 17.8. The molecule has 1 fully saturated rings.